The highest BCUT2D eigenvalue weighted by atomic mass is 16.4. The van der Waals surface area contributed by atoms with Gasteiger partial charge in [-0.2, -0.15) is 0 Å². The van der Waals surface area contributed by atoms with Crippen LogP contribution in [0.5, 0.6) is 0 Å². The lowest BCUT2D eigenvalue weighted by Gasteiger charge is -2.08. The number of aliphatic carboxylic acids is 1. The molecular weight excluding hydrogens is 118 g/mol. The predicted octanol–water partition coefficient (Wildman–Crippen LogP) is 0.235. The van der Waals surface area contributed by atoms with Crippen LogP contribution in [0.2, 0.25) is 0 Å². The Labute approximate surface area is 54.4 Å². The molecule has 1 atom stereocenters. The van der Waals surface area contributed by atoms with Crippen LogP contribution < -0.4 is 5.32 Å². The van der Waals surface area contributed by atoms with Gasteiger partial charge < -0.3 is 10.4 Å². The smallest absolute Gasteiger partial charge is 0.324 e. The van der Waals surface area contributed by atoms with Crippen LogP contribution in [-0.2, 0) is 4.79 Å². The van der Waals surface area contributed by atoms with Crippen LogP contribution in [0.4, 0.5) is 0 Å². The third-order valence-electron chi connectivity index (χ3n) is 1.03. The Kier molecular flexibility index (Phi) is 2.95. The maximum atomic E-state index is 10.2. The fourth-order valence-electron chi connectivity index (χ4n) is 0.581. The Hall–Kier alpha value is -0.830. The first-order valence-corrected chi connectivity index (χ1v) is 2.65. The van der Waals surface area contributed by atoms with E-state index in [-0.39, 0.29) is 0 Å². The van der Waals surface area contributed by atoms with E-state index in [0.717, 1.165) is 0 Å². The van der Waals surface area contributed by atoms with Crippen molar-refractivity contribution in [1.29, 1.82) is 0 Å². The fourth-order valence-corrected chi connectivity index (χ4v) is 0.581. The van der Waals surface area contributed by atoms with Crippen molar-refractivity contribution in [1.82, 2.24) is 5.32 Å². The van der Waals surface area contributed by atoms with Crippen LogP contribution >= 0.6 is 0 Å². The molecule has 2 N–H and O–H groups in total. The molecule has 0 heterocycles. The van der Waals surface area contributed by atoms with E-state index in [4.69, 9.17) is 5.11 Å². The average molecular weight is 129 g/mol. The van der Waals surface area contributed by atoms with Crippen LogP contribution in [0.15, 0.2) is 12.2 Å². The molecule has 0 saturated heterocycles. The Morgan fingerprint density at radius 3 is 2.22 bits per heavy atom. The Balaban J connectivity index is 3.99. The lowest BCUT2D eigenvalue weighted by molar-refractivity contribution is -0.138. The number of hydrogen-bond acceptors (Lipinski definition) is 2. The van der Waals surface area contributed by atoms with E-state index in [1.807, 2.05) is 0 Å². The first-order valence-electron chi connectivity index (χ1n) is 2.65. The first-order chi connectivity index (χ1) is 4.09. The van der Waals surface area contributed by atoms with E-state index in [1.165, 1.54) is 0 Å². The van der Waals surface area contributed by atoms with Crippen molar-refractivity contribution >= 4 is 5.97 Å². The topological polar surface area (TPSA) is 49.3 Å². The normalized spacial score (nSPS) is 12.7. The van der Waals surface area contributed by atoms with Crippen molar-refractivity contribution in [2.75, 3.05) is 7.05 Å². The Bertz CT molecular complexity index is 117. The fraction of sp³-hybridized carbons (Fsp3) is 0.500. The summed E-state index contributed by atoms with van der Waals surface area (Å²) in [6.07, 6.45) is 0. The van der Waals surface area contributed by atoms with Crippen LogP contribution in [-0.4, -0.2) is 24.2 Å². The summed E-state index contributed by atoms with van der Waals surface area (Å²) in [5.41, 5.74) is 0.616. The molecule has 9 heavy (non-hydrogen) atoms. The summed E-state index contributed by atoms with van der Waals surface area (Å²) in [6.45, 7) is 5.18. The second kappa shape index (κ2) is 3.25. The van der Waals surface area contributed by atoms with Gasteiger partial charge in [-0.25, -0.2) is 0 Å². The van der Waals surface area contributed by atoms with Gasteiger partial charge in [-0.05, 0) is 14.0 Å². The van der Waals surface area contributed by atoms with Gasteiger partial charge in [-0.15, -0.1) is 0 Å². The maximum absolute atomic E-state index is 10.2. The highest BCUT2D eigenvalue weighted by Crippen LogP contribution is 1.95. The number of carboxylic acids is 1. The summed E-state index contributed by atoms with van der Waals surface area (Å²) >= 11 is 0. The lowest BCUT2D eigenvalue weighted by atomic mass is 10.1. The number of hydrogen-bond donors (Lipinski definition) is 2. The number of likely N-dealkylation sites (N-methyl/N-ethyl adjacent to an activating group) is 1. The number of rotatable bonds is 3. The SMILES string of the molecule is C=C(C)C(NC)C(=O)O. The molecule has 0 aliphatic rings. The van der Waals surface area contributed by atoms with Crippen molar-refractivity contribution in [3.05, 3.63) is 12.2 Å². The molecule has 0 radical (unpaired) electrons. The molecule has 0 amide bonds. The predicted molar refractivity (Wildman–Crippen MR) is 35.3 cm³/mol. The van der Waals surface area contributed by atoms with Crippen molar-refractivity contribution in [2.45, 2.75) is 13.0 Å². The van der Waals surface area contributed by atoms with Crippen LogP contribution in [0, 0.1) is 0 Å². The van der Waals surface area contributed by atoms with E-state index < -0.39 is 12.0 Å². The second-order valence-corrected chi connectivity index (χ2v) is 1.91. The number of nitrogens with one attached hydrogen (secondary N) is 1. The molecule has 3 heteroatoms. The van der Waals surface area contributed by atoms with Gasteiger partial charge in [0.2, 0.25) is 0 Å². The molecule has 0 aromatic rings. The average Bonchev–Trinajstić information content (AvgIpc) is 1.64. The summed E-state index contributed by atoms with van der Waals surface area (Å²) in [6, 6.07) is -0.606. The lowest BCUT2D eigenvalue weighted by Crippen LogP contribution is -2.34. The van der Waals surface area contributed by atoms with E-state index in [1.54, 1.807) is 14.0 Å². The van der Waals surface area contributed by atoms with E-state index >= 15 is 0 Å². The standard InChI is InChI=1S/C6H11NO2/c1-4(2)5(7-3)6(8)9/h5,7H,1H2,2-3H3,(H,8,9). The Morgan fingerprint density at radius 1 is 1.78 bits per heavy atom. The largest absolute Gasteiger partial charge is 0.480 e. The summed E-state index contributed by atoms with van der Waals surface area (Å²) in [5.74, 6) is -0.884. The second-order valence-electron chi connectivity index (χ2n) is 1.91. The quantitative estimate of drug-likeness (QED) is 0.536. The van der Waals surface area contributed by atoms with Crippen molar-refractivity contribution in [3.8, 4) is 0 Å². The van der Waals surface area contributed by atoms with Gasteiger partial charge in [0.25, 0.3) is 0 Å². The summed E-state index contributed by atoms with van der Waals surface area (Å²) < 4.78 is 0. The molecule has 0 fully saturated rings. The maximum Gasteiger partial charge on any atom is 0.324 e. The van der Waals surface area contributed by atoms with Gasteiger partial charge in [-0.1, -0.05) is 12.2 Å². The monoisotopic (exact) mass is 129 g/mol. The van der Waals surface area contributed by atoms with Gasteiger partial charge in [0.15, 0.2) is 0 Å². The van der Waals surface area contributed by atoms with Gasteiger partial charge in [0.05, 0.1) is 0 Å². The molecule has 0 aromatic heterocycles. The molecule has 0 rings (SSSR count). The van der Waals surface area contributed by atoms with Crippen LogP contribution in [0.1, 0.15) is 6.92 Å². The highest BCUT2D eigenvalue weighted by Gasteiger charge is 2.13. The zero-order valence-corrected chi connectivity index (χ0v) is 5.64. The summed E-state index contributed by atoms with van der Waals surface area (Å²) in [5, 5.41) is 11.0. The minimum Gasteiger partial charge on any atom is -0.480 e. The van der Waals surface area contributed by atoms with Crippen molar-refractivity contribution in [2.24, 2.45) is 0 Å². The van der Waals surface area contributed by atoms with Crippen LogP contribution in [0.3, 0.4) is 0 Å². The van der Waals surface area contributed by atoms with Gasteiger partial charge >= 0.3 is 5.97 Å². The molecule has 0 aliphatic carbocycles. The minimum atomic E-state index is -0.884. The first kappa shape index (κ1) is 8.17. The van der Waals surface area contributed by atoms with Gasteiger partial charge in [-0.3, -0.25) is 4.79 Å². The summed E-state index contributed by atoms with van der Waals surface area (Å²) in [7, 11) is 1.59. The molecule has 0 saturated carbocycles. The molecule has 0 aliphatic heterocycles. The van der Waals surface area contributed by atoms with E-state index in [0.29, 0.717) is 5.57 Å². The van der Waals surface area contributed by atoms with Gasteiger partial charge in [0.1, 0.15) is 6.04 Å². The summed E-state index contributed by atoms with van der Waals surface area (Å²) in [4.78, 5) is 10.2. The molecule has 0 spiro atoms. The molecule has 52 valence electrons. The van der Waals surface area contributed by atoms with Crippen LogP contribution in [0.25, 0.3) is 0 Å². The third-order valence-corrected chi connectivity index (χ3v) is 1.03. The van der Waals surface area contributed by atoms with E-state index in [2.05, 4.69) is 11.9 Å². The van der Waals surface area contributed by atoms with Gasteiger partial charge in [0, 0.05) is 0 Å². The molecule has 3 nitrogen and oxygen atoms in total. The third kappa shape index (κ3) is 2.28. The van der Waals surface area contributed by atoms with Crippen molar-refractivity contribution in [3.63, 3.8) is 0 Å². The molecular formula is C6H11NO2. The highest BCUT2D eigenvalue weighted by molar-refractivity contribution is 5.76. The molecule has 0 aromatic carbocycles. The molecule has 1 unspecified atom stereocenters. The van der Waals surface area contributed by atoms with E-state index in [9.17, 15) is 4.79 Å². The van der Waals surface area contributed by atoms with Crippen molar-refractivity contribution < 1.29 is 9.90 Å². The number of carboxylic acid groups (broad SMARTS) is 1. The molecule has 0 bridgehead atoms. The number of carbonyl (C=O) groups is 1. The zero-order valence-electron chi connectivity index (χ0n) is 5.64. The zero-order chi connectivity index (χ0) is 7.44. The minimum absolute atomic E-state index is 0.606. The Morgan fingerprint density at radius 2 is 2.22 bits per heavy atom.